The summed E-state index contributed by atoms with van der Waals surface area (Å²) in [6.07, 6.45) is 0. The minimum absolute atomic E-state index is 0.218. The van der Waals surface area contributed by atoms with E-state index in [4.69, 9.17) is 10.2 Å². The number of hydrogen-bond acceptors (Lipinski definition) is 5. The number of carbonyl (C=O) groups excluding carboxylic acids is 2. The molecule has 2 aromatic heterocycles. The maximum Gasteiger partial charge on any atom is 0.350 e. The quantitative estimate of drug-likeness (QED) is 0.392. The second-order valence-corrected chi connectivity index (χ2v) is 8.18. The second kappa shape index (κ2) is 8.66. The Kier molecular flexibility index (Phi) is 5.48. The third-order valence-electron chi connectivity index (χ3n) is 5.77. The fourth-order valence-corrected chi connectivity index (χ4v) is 4.03. The van der Waals surface area contributed by atoms with Crippen molar-refractivity contribution in [2.45, 2.75) is 6.92 Å². The van der Waals surface area contributed by atoms with Gasteiger partial charge in [-0.15, -0.1) is 0 Å². The van der Waals surface area contributed by atoms with Crippen LogP contribution in [0.25, 0.3) is 28.0 Å². The molecule has 0 aliphatic carbocycles. The Hall–Kier alpha value is -4.99. The zero-order valence-electron chi connectivity index (χ0n) is 19.3. The first kappa shape index (κ1) is 22.8. The van der Waals surface area contributed by atoms with E-state index in [-0.39, 0.29) is 22.5 Å². The smallest absolute Gasteiger partial charge is 0.350 e. The van der Waals surface area contributed by atoms with Crippen molar-refractivity contribution in [2.24, 2.45) is 12.8 Å². The largest absolute Gasteiger partial charge is 0.455 e. The van der Waals surface area contributed by atoms with Crippen molar-refractivity contribution in [2.75, 3.05) is 5.32 Å². The summed E-state index contributed by atoms with van der Waals surface area (Å²) in [4.78, 5) is 36.7. The van der Waals surface area contributed by atoms with Crippen molar-refractivity contribution in [3.05, 3.63) is 100.0 Å². The monoisotopic (exact) mass is 485 g/mol. The van der Waals surface area contributed by atoms with Gasteiger partial charge in [-0.1, -0.05) is 12.1 Å². The first-order valence-electron chi connectivity index (χ1n) is 10.9. The number of fused-ring (bicyclic) bond motifs is 1. The van der Waals surface area contributed by atoms with E-state index >= 15 is 0 Å². The van der Waals surface area contributed by atoms with Gasteiger partial charge in [0.15, 0.2) is 0 Å². The van der Waals surface area contributed by atoms with Crippen LogP contribution in [0.4, 0.5) is 10.1 Å². The van der Waals surface area contributed by atoms with Crippen LogP contribution in [0.1, 0.15) is 26.5 Å². The van der Waals surface area contributed by atoms with Crippen LogP contribution < -0.4 is 16.7 Å². The topological polar surface area (TPSA) is 125 Å². The van der Waals surface area contributed by atoms with Gasteiger partial charge < -0.3 is 15.5 Å². The van der Waals surface area contributed by atoms with Gasteiger partial charge in [-0.05, 0) is 61.5 Å². The minimum atomic E-state index is -0.934. The third-order valence-corrected chi connectivity index (χ3v) is 5.77. The lowest BCUT2D eigenvalue weighted by atomic mass is 10.1. The molecule has 0 atom stereocenters. The highest BCUT2D eigenvalue weighted by Gasteiger charge is 2.17. The van der Waals surface area contributed by atoms with Crippen molar-refractivity contribution < 1.29 is 18.4 Å². The average molecular weight is 485 g/mol. The van der Waals surface area contributed by atoms with Crippen LogP contribution in [0.3, 0.4) is 0 Å². The molecule has 0 radical (unpaired) electrons. The first-order chi connectivity index (χ1) is 17.2. The molecule has 3 N–H and O–H groups in total. The maximum atomic E-state index is 13.8. The molecule has 5 rings (SSSR count). The molecule has 9 nitrogen and oxygen atoms in total. The lowest BCUT2D eigenvalue weighted by molar-refractivity contribution is 0.0992. The minimum Gasteiger partial charge on any atom is -0.455 e. The predicted octanol–water partition coefficient (Wildman–Crippen LogP) is 3.78. The number of rotatable bonds is 5. The fourth-order valence-electron chi connectivity index (χ4n) is 4.03. The lowest BCUT2D eigenvalue weighted by Gasteiger charge is -2.07. The molecule has 0 spiro atoms. The molecular weight excluding hydrogens is 465 g/mol. The van der Waals surface area contributed by atoms with Crippen molar-refractivity contribution in [1.82, 2.24) is 14.3 Å². The van der Waals surface area contributed by atoms with E-state index in [0.717, 1.165) is 11.6 Å². The van der Waals surface area contributed by atoms with Crippen LogP contribution in [-0.4, -0.2) is 26.2 Å². The van der Waals surface area contributed by atoms with Crippen LogP contribution in [0, 0.1) is 12.7 Å². The molecule has 0 aliphatic heterocycles. The molecule has 0 fully saturated rings. The number of nitrogens with zero attached hydrogens (tertiary/aromatic N) is 3. The maximum absolute atomic E-state index is 13.8. The Bertz CT molecular complexity index is 1710. The molecule has 3 aromatic carbocycles. The Labute approximate surface area is 203 Å². The zero-order valence-corrected chi connectivity index (χ0v) is 19.3. The summed E-state index contributed by atoms with van der Waals surface area (Å²) in [5.41, 5.74) is 6.88. The number of benzene rings is 3. The number of nitrogens with one attached hydrogen (secondary N) is 1. The number of aryl methyl sites for hydroxylation is 2. The Balaban J connectivity index is 1.46. The lowest BCUT2D eigenvalue weighted by Crippen LogP contribution is -2.21. The van der Waals surface area contributed by atoms with Gasteiger partial charge in [0.1, 0.15) is 23.0 Å². The third kappa shape index (κ3) is 3.94. The second-order valence-electron chi connectivity index (χ2n) is 8.18. The molecule has 2 heterocycles. The molecule has 0 unspecified atom stereocenters. The number of furan rings is 1. The number of amides is 2. The Morgan fingerprint density at radius 3 is 2.44 bits per heavy atom. The molecular formula is C26H20FN5O4. The van der Waals surface area contributed by atoms with E-state index in [0.29, 0.717) is 28.2 Å². The molecule has 0 saturated carbocycles. The molecule has 2 amide bonds. The van der Waals surface area contributed by atoms with Crippen LogP contribution in [0.5, 0.6) is 0 Å². The highest BCUT2D eigenvalue weighted by molar-refractivity contribution is 6.12. The van der Waals surface area contributed by atoms with E-state index in [1.165, 1.54) is 21.4 Å². The van der Waals surface area contributed by atoms with Crippen molar-refractivity contribution in [3.63, 3.8) is 0 Å². The summed E-state index contributed by atoms with van der Waals surface area (Å²) in [5, 5.41) is 7.49. The highest BCUT2D eigenvalue weighted by atomic mass is 19.1. The SMILES string of the molecule is Cc1nn(C)c(=O)n1-c1ccc(-c2cc3cccc(C(=O)Nc4ccc(F)c(C(N)=O)c4)c3o2)cc1. The number of para-hydroxylation sites is 1. The van der Waals surface area contributed by atoms with Crippen LogP contribution in [0.2, 0.25) is 0 Å². The van der Waals surface area contributed by atoms with Crippen molar-refractivity contribution >= 4 is 28.5 Å². The molecule has 0 bridgehead atoms. The van der Waals surface area contributed by atoms with E-state index in [1.807, 2.05) is 24.3 Å². The van der Waals surface area contributed by atoms with Crippen molar-refractivity contribution in [3.8, 4) is 17.0 Å². The van der Waals surface area contributed by atoms with Gasteiger partial charge in [0, 0.05) is 23.7 Å². The van der Waals surface area contributed by atoms with Crippen molar-refractivity contribution in [1.29, 1.82) is 0 Å². The number of anilines is 1. The number of hydrogen-bond donors (Lipinski definition) is 2. The predicted molar refractivity (Wildman–Crippen MR) is 132 cm³/mol. The van der Waals surface area contributed by atoms with E-state index in [2.05, 4.69) is 10.4 Å². The molecule has 10 heteroatoms. The van der Waals surface area contributed by atoms with Crippen LogP contribution in [0.15, 0.2) is 75.9 Å². The fraction of sp³-hybridized carbons (Fsp3) is 0.0769. The average Bonchev–Trinajstić information content (AvgIpc) is 3.40. The summed E-state index contributed by atoms with van der Waals surface area (Å²) in [7, 11) is 1.59. The summed E-state index contributed by atoms with van der Waals surface area (Å²) in [6, 6.07) is 17.7. The van der Waals surface area contributed by atoms with E-state index < -0.39 is 17.6 Å². The summed E-state index contributed by atoms with van der Waals surface area (Å²) < 4.78 is 22.6. The summed E-state index contributed by atoms with van der Waals surface area (Å²) in [5.74, 6) is -1.10. The van der Waals surface area contributed by atoms with E-state index in [1.54, 1.807) is 38.2 Å². The van der Waals surface area contributed by atoms with Gasteiger partial charge in [-0.25, -0.2) is 18.4 Å². The van der Waals surface area contributed by atoms with Gasteiger partial charge in [0.05, 0.1) is 16.8 Å². The van der Waals surface area contributed by atoms with Gasteiger partial charge in [0.25, 0.3) is 11.8 Å². The first-order valence-corrected chi connectivity index (χ1v) is 10.9. The van der Waals surface area contributed by atoms with Gasteiger partial charge in [0.2, 0.25) is 0 Å². The molecule has 180 valence electrons. The standard InChI is InChI=1S/C26H20FN5O4/c1-14-30-31(2)26(35)32(14)18-9-6-15(7-10-18)22-12-16-4-3-5-19(23(16)36-22)25(34)29-17-8-11-21(27)20(13-17)24(28)33/h3-13H,1-2H3,(H2,28,33)(H,29,34). The van der Waals surface area contributed by atoms with Gasteiger partial charge >= 0.3 is 5.69 Å². The summed E-state index contributed by atoms with van der Waals surface area (Å²) in [6.45, 7) is 1.75. The summed E-state index contributed by atoms with van der Waals surface area (Å²) >= 11 is 0. The van der Waals surface area contributed by atoms with Gasteiger partial charge in [-0.2, -0.15) is 5.10 Å². The molecule has 0 saturated heterocycles. The van der Waals surface area contributed by atoms with Crippen LogP contribution in [-0.2, 0) is 7.05 Å². The Morgan fingerprint density at radius 1 is 1.03 bits per heavy atom. The molecule has 5 aromatic rings. The molecule has 0 aliphatic rings. The number of halogens is 1. The molecule has 36 heavy (non-hydrogen) atoms. The number of aromatic nitrogens is 3. The highest BCUT2D eigenvalue weighted by Crippen LogP contribution is 2.31. The Morgan fingerprint density at radius 2 is 1.78 bits per heavy atom. The van der Waals surface area contributed by atoms with Gasteiger partial charge in [-0.3, -0.25) is 9.59 Å². The van der Waals surface area contributed by atoms with Crippen LogP contribution >= 0.6 is 0 Å². The normalized spacial score (nSPS) is 11.1. The number of carbonyl (C=O) groups is 2. The number of primary amides is 1. The van der Waals surface area contributed by atoms with E-state index in [9.17, 15) is 18.8 Å². The zero-order chi connectivity index (χ0) is 25.6. The number of nitrogens with two attached hydrogens (primary N) is 1.